The molecule has 56 valence electrons. The highest BCUT2D eigenvalue weighted by atomic mass is 16.8. The summed E-state index contributed by atoms with van der Waals surface area (Å²) in [7, 11) is 0. The Balaban J connectivity index is 1.91. The molecular weight excluding hydrogens is 136 g/mol. The first-order valence-electron chi connectivity index (χ1n) is 3.47. The van der Waals surface area contributed by atoms with E-state index in [1.54, 1.807) is 0 Å². The molecule has 0 spiro atoms. The zero-order valence-electron chi connectivity index (χ0n) is 5.27. The summed E-state index contributed by atoms with van der Waals surface area (Å²) in [5, 5.41) is 9.33. The van der Waals surface area contributed by atoms with Crippen molar-refractivity contribution in [3.8, 4) is 0 Å². The molecule has 0 aromatic heterocycles. The number of epoxide rings is 1. The maximum Gasteiger partial charge on any atom is 0.186 e. The van der Waals surface area contributed by atoms with Gasteiger partial charge in [-0.25, -0.2) is 0 Å². The molecule has 3 aliphatic heterocycles. The molecule has 10 heavy (non-hydrogen) atoms. The predicted octanol–water partition coefficient (Wildman–Crippen LogP) is -1.13. The summed E-state index contributed by atoms with van der Waals surface area (Å²) >= 11 is 0. The van der Waals surface area contributed by atoms with Gasteiger partial charge in [0, 0.05) is 0 Å². The van der Waals surface area contributed by atoms with Gasteiger partial charge in [0.25, 0.3) is 0 Å². The summed E-state index contributed by atoms with van der Waals surface area (Å²) < 4.78 is 15.6. The molecule has 0 amide bonds. The normalized spacial score (nSPS) is 63.9. The van der Waals surface area contributed by atoms with E-state index >= 15 is 0 Å². The van der Waals surface area contributed by atoms with Gasteiger partial charge in [0.15, 0.2) is 6.29 Å². The number of rotatable bonds is 0. The van der Waals surface area contributed by atoms with Crippen LogP contribution in [-0.4, -0.2) is 42.4 Å². The third-order valence-corrected chi connectivity index (χ3v) is 2.28. The first-order chi connectivity index (χ1) is 4.86. The summed E-state index contributed by atoms with van der Waals surface area (Å²) in [6, 6.07) is 0. The molecule has 0 aliphatic carbocycles. The molecule has 3 heterocycles. The van der Waals surface area contributed by atoms with Gasteiger partial charge in [0.05, 0.1) is 6.61 Å². The topological polar surface area (TPSA) is 51.2 Å². The third-order valence-electron chi connectivity index (χ3n) is 2.28. The molecule has 0 saturated carbocycles. The van der Waals surface area contributed by atoms with E-state index in [2.05, 4.69) is 0 Å². The van der Waals surface area contributed by atoms with Crippen LogP contribution in [0.2, 0.25) is 0 Å². The van der Waals surface area contributed by atoms with Crippen molar-refractivity contribution in [3.05, 3.63) is 0 Å². The molecule has 3 aliphatic rings. The molecule has 3 fully saturated rings. The van der Waals surface area contributed by atoms with Gasteiger partial charge < -0.3 is 19.3 Å². The van der Waals surface area contributed by atoms with Gasteiger partial charge in [-0.15, -0.1) is 0 Å². The number of fused-ring (bicyclic) bond motifs is 4. The van der Waals surface area contributed by atoms with Gasteiger partial charge in [-0.2, -0.15) is 0 Å². The van der Waals surface area contributed by atoms with E-state index < -0.39 is 12.4 Å². The highest BCUT2D eigenvalue weighted by Gasteiger charge is 2.60. The minimum absolute atomic E-state index is 0.00810. The van der Waals surface area contributed by atoms with Gasteiger partial charge >= 0.3 is 0 Å². The summed E-state index contributed by atoms with van der Waals surface area (Å²) in [6.45, 7) is 0.572. The quantitative estimate of drug-likeness (QED) is 0.437. The molecule has 0 aromatic rings. The van der Waals surface area contributed by atoms with Gasteiger partial charge in [-0.1, -0.05) is 0 Å². The van der Waals surface area contributed by atoms with Crippen LogP contribution in [0.5, 0.6) is 0 Å². The second kappa shape index (κ2) is 1.53. The summed E-state index contributed by atoms with van der Waals surface area (Å²) in [4.78, 5) is 0. The number of aliphatic hydroxyl groups is 1. The highest BCUT2D eigenvalue weighted by molar-refractivity contribution is 5.03. The third kappa shape index (κ3) is 0.509. The van der Waals surface area contributed by atoms with Crippen molar-refractivity contribution in [1.82, 2.24) is 0 Å². The van der Waals surface area contributed by atoms with Crippen LogP contribution >= 0.6 is 0 Å². The van der Waals surface area contributed by atoms with Crippen molar-refractivity contribution in [2.75, 3.05) is 6.61 Å². The average Bonchev–Trinajstić information content (AvgIpc) is 2.61. The number of aliphatic hydroxyl groups excluding tert-OH is 1. The Labute approximate surface area is 57.7 Å². The van der Waals surface area contributed by atoms with Crippen molar-refractivity contribution in [1.29, 1.82) is 0 Å². The van der Waals surface area contributed by atoms with Crippen LogP contribution in [0, 0.1) is 0 Å². The van der Waals surface area contributed by atoms with E-state index in [1.165, 1.54) is 0 Å². The Bertz CT molecular complexity index is 169. The SMILES string of the molecule is OC1C2O[C@@H]2C2CO[C@@H]1O2. The monoisotopic (exact) mass is 144 g/mol. The fraction of sp³-hybridized carbons (Fsp3) is 1.00. The Morgan fingerprint density at radius 1 is 1.20 bits per heavy atom. The number of ether oxygens (including phenoxy) is 3. The van der Waals surface area contributed by atoms with Gasteiger partial charge in [0.2, 0.25) is 0 Å². The van der Waals surface area contributed by atoms with E-state index in [4.69, 9.17) is 14.2 Å². The first-order valence-corrected chi connectivity index (χ1v) is 3.47. The molecule has 3 rings (SSSR count). The zero-order chi connectivity index (χ0) is 6.72. The predicted molar refractivity (Wildman–Crippen MR) is 29.3 cm³/mol. The molecule has 5 atom stereocenters. The molecular formula is C6H8O4. The van der Waals surface area contributed by atoms with Crippen molar-refractivity contribution < 1.29 is 19.3 Å². The largest absolute Gasteiger partial charge is 0.385 e. The molecule has 4 heteroatoms. The van der Waals surface area contributed by atoms with E-state index in [0.717, 1.165) is 0 Å². The van der Waals surface area contributed by atoms with Crippen molar-refractivity contribution in [2.45, 2.75) is 30.7 Å². The van der Waals surface area contributed by atoms with Gasteiger partial charge in [-0.05, 0) is 0 Å². The molecule has 0 radical (unpaired) electrons. The fourth-order valence-electron chi connectivity index (χ4n) is 1.66. The van der Waals surface area contributed by atoms with Crippen LogP contribution in [0.1, 0.15) is 0 Å². The second-order valence-corrected chi connectivity index (χ2v) is 2.93. The summed E-state index contributed by atoms with van der Waals surface area (Å²) in [5.74, 6) is 0. The maximum atomic E-state index is 9.33. The number of hydrogen-bond donors (Lipinski definition) is 1. The van der Waals surface area contributed by atoms with Crippen LogP contribution in [0.3, 0.4) is 0 Å². The van der Waals surface area contributed by atoms with Gasteiger partial charge in [-0.3, -0.25) is 0 Å². The Hall–Kier alpha value is -0.160. The van der Waals surface area contributed by atoms with Crippen LogP contribution < -0.4 is 0 Å². The van der Waals surface area contributed by atoms with E-state index in [-0.39, 0.29) is 18.3 Å². The maximum absolute atomic E-state index is 9.33. The number of hydrogen-bond acceptors (Lipinski definition) is 4. The molecule has 3 unspecified atom stereocenters. The Morgan fingerprint density at radius 3 is 3.00 bits per heavy atom. The molecule has 2 bridgehead atoms. The lowest BCUT2D eigenvalue weighted by Crippen LogP contribution is -2.39. The van der Waals surface area contributed by atoms with Crippen molar-refractivity contribution in [2.24, 2.45) is 0 Å². The smallest absolute Gasteiger partial charge is 0.186 e. The lowest BCUT2D eigenvalue weighted by atomic mass is 10.1. The van der Waals surface area contributed by atoms with Gasteiger partial charge in [0.1, 0.15) is 24.4 Å². The zero-order valence-corrected chi connectivity index (χ0v) is 5.27. The molecule has 0 aromatic carbocycles. The minimum Gasteiger partial charge on any atom is -0.385 e. The summed E-state index contributed by atoms with van der Waals surface area (Å²) in [6.07, 6.45) is -0.809. The summed E-state index contributed by atoms with van der Waals surface area (Å²) in [5.41, 5.74) is 0. The van der Waals surface area contributed by atoms with E-state index in [0.29, 0.717) is 6.61 Å². The van der Waals surface area contributed by atoms with Crippen molar-refractivity contribution >= 4 is 0 Å². The standard InChI is InChI=1S/C6H8O4/c7-3-5-4(10-5)2-1-8-6(3)9-2/h2-7H,1H2/t2?,3?,4-,5?,6-/m1/s1. The molecule has 4 nitrogen and oxygen atoms in total. The van der Waals surface area contributed by atoms with Crippen LogP contribution in [0.25, 0.3) is 0 Å². The highest BCUT2D eigenvalue weighted by Crippen LogP contribution is 2.41. The van der Waals surface area contributed by atoms with Crippen molar-refractivity contribution in [3.63, 3.8) is 0 Å². The lowest BCUT2D eigenvalue weighted by Gasteiger charge is -2.18. The van der Waals surface area contributed by atoms with E-state index in [9.17, 15) is 5.11 Å². The average molecular weight is 144 g/mol. The first kappa shape index (κ1) is 5.49. The van der Waals surface area contributed by atoms with Crippen LogP contribution in [0.15, 0.2) is 0 Å². The second-order valence-electron chi connectivity index (χ2n) is 2.93. The Kier molecular flexibility index (Phi) is 0.840. The molecule has 1 N–H and O–H groups in total. The van der Waals surface area contributed by atoms with Crippen LogP contribution in [0.4, 0.5) is 0 Å². The molecule has 3 saturated heterocycles. The fourth-order valence-corrected chi connectivity index (χ4v) is 1.66. The minimum atomic E-state index is -0.566. The Morgan fingerprint density at radius 2 is 2.10 bits per heavy atom. The van der Waals surface area contributed by atoms with Crippen LogP contribution in [-0.2, 0) is 14.2 Å². The lowest BCUT2D eigenvalue weighted by molar-refractivity contribution is -0.143. The van der Waals surface area contributed by atoms with E-state index in [1.807, 2.05) is 0 Å².